The van der Waals surface area contributed by atoms with Crippen molar-refractivity contribution in [2.75, 3.05) is 6.61 Å². The van der Waals surface area contributed by atoms with Crippen LogP contribution in [-0.2, 0) is 9.53 Å². The third-order valence-electron chi connectivity index (χ3n) is 2.39. The lowest BCUT2D eigenvalue weighted by Crippen LogP contribution is -1.96. The van der Waals surface area contributed by atoms with Gasteiger partial charge in [0.15, 0.2) is 0 Å². The molecule has 0 aliphatic carbocycles. The van der Waals surface area contributed by atoms with E-state index < -0.39 is 10.9 Å². The van der Waals surface area contributed by atoms with E-state index in [1.54, 1.807) is 6.07 Å². The van der Waals surface area contributed by atoms with E-state index in [-0.39, 0.29) is 10.7 Å². The molecule has 0 spiro atoms. The molecule has 1 saturated heterocycles. The fourth-order valence-electron chi connectivity index (χ4n) is 1.56. The molecule has 1 fully saturated rings. The largest absolute Gasteiger partial charge is 0.462 e. The quantitative estimate of drug-likeness (QED) is 0.352. The Hall–Kier alpha value is -1.88. The van der Waals surface area contributed by atoms with Crippen molar-refractivity contribution in [2.45, 2.75) is 6.42 Å². The predicted molar refractivity (Wildman–Crippen MR) is 61.7 cm³/mol. The minimum Gasteiger partial charge on any atom is -0.462 e. The average molecular weight is 254 g/mol. The Morgan fingerprint density at radius 3 is 2.82 bits per heavy atom. The van der Waals surface area contributed by atoms with Gasteiger partial charge in [0.1, 0.15) is 0 Å². The van der Waals surface area contributed by atoms with Crippen LogP contribution in [0.3, 0.4) is 0 Å². The van der Waals surface area contributed by atoms with Crippen LogP contribution in [0, 0.1) is 10.1 Å². The number of esters is 1. The van der Waals surface area contributed by atoms with Gasteiger partial charge in [-0.3, -0.25) is 10.1 Å². The van der Waals surface area contributed by atoms with Gasteiger partial charge in [-0.2, -0.15) is 0 Å². The molecule has 0 aromatic heterocycles. The minimum atomic E-state index is -0.529. The first kappa shape index (κ1) is 11.6. The van der Waals surface area contributed by atoms with E-state index in [0.717, 1.165) is 0 Å². The molecule has 88 valence electrons. The number of halogens is 1. The Labute approximate surface area is 102 Å². The van der Waals surface area contributed by atoms with Crippen molar-refractivity contribution in [2.24, 2.45) is 0 Å². The maximum atomic E-state index is 11.2. The lowest BCUT2D eigenvalue weighted by molar-refractivity contribution is -0.385. The molecule has 0 amide bonds. The molecule has 0 radical (unpaired) electrons. The Kier molecular flexibility index (Phi) is 3.10. The van der Waals surface area contributed by atoms with Crippen molar-refractivity contribution >= 4 is 29.3 Å². The summed E-state index contributed by atoms with van der Waals surface area (Å²) in [7, 11) is 0. The van der Waals surface area contributed by atoms with Crippen LogP contribution in [0.5, 0.6) is 0 Å². The van der Waals surface area contributed by atoms with Crippen LogP contribution in [0.1, 0.15) is 12.0 Å². The van der Waals surface area contributed by atoms with E-state index >= 15 is 0 Å². The van der Waals surface area contributed by atoms with Crippen LogP contribution in [0.25, 0.3) is 6.08 Å². The fraction of sp³-hybridized carbons (Fsp3) is 0.182. The number of hydrogen-bond acceptors (Lipinski definition) is 4. The second-order valence-corrected chi connectivity index (χ2v) is 3.95. The van der Waals surface area contributed by atoms with Gasteiger partial charge in [-0.1, -0.05) is 11.6 Å². The van der Waals surface area contributed by atoms with Crippen molar-refractivity contribution in [3.8, 4) is 0 Å². The average Bonchev–Trinajstić information content (AvgIpc) is 2.67. The number of hydrogen-bond donors (Lipinski definition) is 0. The Morgan fingerprint density at radius 2 is 2.24 bits per heavy atom. The lowest BCUT2D eigenvalue weighted by Gasteiger charge is -1.99. The van der Waals surface area contributed by atoms with Gasteiger partial charge in [-0.25, -0.2) is 4.79 Å². The zero-order valence-corrected chi connectivity index (χ0v) is 9.44. The van der Waals surface area contributed by atoms with Gasteiger partial charge in [0.05, 0.1) is 17.1 Å². The molecule has 0 bridgehead atoms. The normalized spacial score (nSPS) is 17.2. The van der Waals surface area contributed by atoms with Crippen molar-refractivity contribution in [1.29, 1.82) is 0 Å². The Balaban J connectivity index is 2.45. The first-order valence-electron chi connectivity index (χ1n) is 4.89. The van der Waals surface area contributed by atoms with Gasteiger partial charge in [0.2, 0.25) is 0 Å². The molecule has 0 N–H and O–H groups in total. The second-order valence-electron chi connectivity index (χ2n) is 3.52. The number of rotatable bonds is 2. The molecule has 1 aliphatic heterocycles. The third kappa shape index (κ3) is 2.45. The number of carbonyl (C=O) groups is 1. The Morgan fingerprint density at radius 1 is 1.47 bits per heavy atom. The summed E-state index contributed by atoms with van der Waals surface area (Å²) in [5, 5.41) is 11.1. The van der Waals surface area contributed by atoms with E-state index in [1.807, 2.05) is 0 Å². The smallest absolute Gasteiger partial charge is 0.334 e. The highest BCUT2D eigenvalue weighted by Crippen LogP contribution is 2.27. The van der Waals surface area contributed by atoms with Gasteiger partial charge in [0, 0.05) is 23.1 Å². The highest BCUT2D eigenvalue weighted by molar-refractivity contribution is 6.30. The van der Waals surface area contributed by atoms with E-state index in [4.69, 9.17) is 16.3 Å². The van der Waals surface area contributed by atoms with E-state index in [1.165, 1.54) is 18.2 Å². The van der Waals surface area contributed by atoms with Crippen molar-refractivity contribution < 1.29 is 14.5 Å². The molecule has 1 aliphatic rings. The zero-order chi connectivity index (χ0) is 12.4. The zero-order valence-electron chi connectivity index (χ0n) is 8.68. The number of nitrogens with zero attached hydrogens (tertiary/aromatic N) is 1. The summed E-state index contributed by atoms with van der Waals surface area (Å²) in [6.45, 7) is 0.325. The van der Waals surface area contributed by atoms with Crippen molar-refractivity contribution in [3.05, 3.63) is 44.5 Å². The monoisotopic (exact) mass is 253 g/mol. The molecule has 2 rings (SSSR count). The molecular weight excluding hydrogens is 246 g/mol. The van der Waals surface area contributed by atoms with E-state index in [9.17, 15) is 14.9 Å². The third-order valence-corrected chi connectivity index (χ3v) is 2.62. The number of benzene rings is 1. The fourth-order valence-corrected chi connectivity index (χ4v) is 1.73. The topological polar surface area (TPSA) is 69.4 Å². The van der Waals surface area contributed by atoms with Crippen LogP contribution in [0.2, 0.25) is 5.02 Å². The summed E-state index contributed by atoms with van der Waals surface area (Å²) in [6, 6.07) is 4.31. The minimum absolute atomic E-state index is 0.121. The Bertz CT molecular complexity index is 524. The number of nitro groups is 1. The molecule has 5 nitrogen and oxygen atoms in total. The van der Waals surface area contributed by atoms with Gasteiger partial charge in [-0.05, 0) is 18.2 Å². The van der Waals surface area contributed by atoms with Crippen LogP contribution in [0.4, 0.5) is 5.69 Å². The highest BCUT2D eigenvalue weighted by Gasteiger charge is 2.21. The molecular formula is C11H8ClNO4. The SMILES string of the molecule is O=C1OCC/C1=C/c1ccc(Cl)cc1[N+](=O)[O-]. The molecule has 0 unspecified atom stereocenters. The van der Waals surface area contributed by atoms with Crippen LogP contribution in [-0.4, -0.2) is 17.5 Å². The molecule has 17 heavy (non-hydrogen) atoms. The number of nitro benzene ring substituents is 1. The lowest BCUT2D eigenvalue weighted by atomic mass is 10.1. The van der Waals surface area contributed by atoms with E-state index in [2.05, 4.69) is 0 Å². The summed E-state index contributed by atoms with van der Waals surface area (Å²) in [6.07, 6.45) is 1.95. The number of carbonyl (C=O) groups excluding carboxylic acids is 1. The summed E-state index contributed by atoms with van der Waals surface area (Å²) < 4.78 is 4.76. The summed E-state index contributed by atoms with van der Waals surface area (Å²) in [4.78, 5) is 21.5. The van der Waals surface area contributed by atoms with Gasteiger partial charge >= 0.3 is 5.97 Å². The van der Waals surface area contributed by atoms with Gasteiger partial charge in [-0.15, -0.1) is 0 Å². The number of ether oxygens (including phenoxy) is 1. The molecule has 0 saturated carbocycles. The van der Waals surface area contributed by atoms with Crippen LogP contribution < -0.4 is 0 Å². The summed E-state index contributed by atoms with van der Waals surface area (Å²) >= 11 is 5.69. The first-order chi connectivity index (χ1) is 8.08. The molecule has 1 heterocycles. The molecule has 1 aromatic carbocycles. The maximum Gasteiger partial charge on any atom is 0.334 e. The van der Waals surface area contributed by atoms with Crippen LogP contribution >= 0.6 is 11.6 Å². The predicted octanol–water partition coefficient (Wildman–Crippen LogP) is 2.58. The first-order valence-corrected chi connectivity index (χ1v) is 5.27. The van der Waals surface area contributed by atoms with Crippen molar-refractivity contribution in [1.82, 2.24) is 0 Å². The standard InChI is InChI=1S/C11H8ClNO4/c12-9-2-1-7(10(6-9)13(15)16)5-8-3-4-17-11(8)14/h1-2,5-6H,3-4H2/b8-5-. The highest BCUT2D eigenvalue weighted by atomic mass is 35.5. The molecule has 6 heteroatoms. The van der Waals surface area contributed by atoms with Crippen molar-refractivity contribution in [3.63, 3.8) is 0 Å². The second kappa shape index (κ2) is 4.55. The molecule has 0 atom stereocenters. The van der Waals surface area contributed by atoms with Crippen LogP contribution in [0.15, 0.2) is 23.8 Å². The molecule has 1 aromatic rings. The maximum absolute atomic E-state index is 11.2. The van der Waals surface area contributed by atoms with E-state index in [0.29, 0.717) is 24.2 Å². The number of cyclic esters (lactones) is 1. The van der Waals surface area contributed by atoms with Gasteiger partial charge < -0.3 is 4.74 Å². The summed E-state index contributed by atoms with van der Waals surface area (Å²) in [5.41, 5.74) is 0.674. The summed E-state index contributed by atoms with van der Waals surface area (Å²) in [5.74, 6) is -0.422. The van der Waals surface area contributed by atoms with Gasteiger partial charge in [0.25, 0.3) is 5.69 Å².